The van der Waals surface area contributed by atoms with Crippen molar-refractivity contribution in [1.82, 2.24) is 25.3 Å². The highest BCUT2D eigenvalue weighted by Gasteiger charge is 2.17. The van der Waals surface area contributed by atoms with Gasteiger partial charge in [-0.2, -0.15) is 0 Å². The van der Waals surface area contributed by atoms with Crippen LogP contribution in [0.1, 0.15) is 25.7 Å². The Kier molecular flexibility index (Phi) is 4.55. The molecule has 0 aromatic carbocycles. The van der Waals surface area contributed by atoms with Gasteiger partial charge in [-0.05, 0) is 31.0 Å². The summed E-state index contributed by atoms with van der Waals surface area (Å²) < 4.78 is 0. The lowest BCUT2D eigenvalue weighted by Crippen LogP contribution is -2.36. The van der Waals surface area contributed by atoms with Gasteiger partial charge < -0.3 is 10.6 Å². The summed E-state index contributed by atoms with van der Waals surface area (Å²) in [5.74, 6) is 1.12. The second-order valence-electron chi connectivity index (χ2n) is 6.25. The minimum atomic E-state index is -0.217. The number of hydrogen-bond acceptors (Lipinski definition) is 6. The monoisotopic (exact) mass is 349 g/mol. The largest absolute Gasteiger partial charge is 0.338 e. The van der Waals surface area contributed by atoms with Crippen molar-refractivity contribution in [2.75, 3.05) is 10.6 Å². The standard InChI is InChI=1S/C18H19N7O/c26-18(23-12-3-1-2-4-12)25-16-6-5-14-15(24-16)9-13(10-21-14)22-17-11-19-7-8-20-17/h5-12H,1-4H2,(H,20,22)(H2,23,24,25,26). The number of amides is 2. The Hall–Kier alpha value is -3.29. The Labute approximate surface area is 150 Å². The third kappa shape index (κ3) is 3.85. The van der Waals surface area contributed by atoms with Gasteiger partial charge in [0.1, 0.15) is 11.6 Å². The van der Waals surface area contributed by atoms with Crippen LogP contribution in [-0.2, 0) is 0 Å². The van der Waals surface area contributed by atoms with Gasteiger partial charge in [-0.1, -0.05) is 12.8 Å². The smallest absolute Gasteiger partial charge is 0.320 e. The van der Waals surface area contributed by atoms with E-state index in [0.717, 1.165) is 24.0 Å². The maximum absolute atomic E-state index is 12.1. The number of nitrogens with one attached hydrogen (secondary N) is 3. The molecule has 4 rings (SSSR count). The number of urea groups is 1. The average Bonchev–Trinajstić information content (AvgIpc) is 3.15. The van der Waals surface area contributed by atoms with Gasteiger partial charge in [0.15, 0.2) is 0 Å². The summed E-state index contributed by atoms with van der Waals surface area (Å²) in [4.78, 5) is 29.2. The van der Waals surface area contributed by atoms with Crippen LogP contribution in [0.25, 0.3) is 11.0 Å². The van der Waals surface area contributed by atoms with E-state index in [1.165, 1.54) is 12.8 Å². The number of pyridine rings is 2. The molecule has 3 heterocycles. The normalized spacial score (nSPS) is 14.3. The molecule has 0 radical (unpaired) electrons. The second kappa shape index (κ2) is 7.30. The van der Waals surface area contributed by atoms with Crippen molar-refractivity contribution in [3.8, 4) is 0 Å². The van der Waals surface area contributed by atoms with Crippen molar-refractivity contribution in [3.05, 3.63) is 43.0 Å². The topological polar surface area (TPSA) is 105 Å². The van der Waals surface area contributed by atoms with Crippen LogP contribution in [0, 0.1) is 0 Å². The quantitative estimate of drug-likeness (QED) is 0.668. The Bertz CT molecular complexity index is 910. The molecule has 3 N–H and O–H groups in total. The molecule has 0 aliphatic heterocycles. The molecule has 8 nitrogen and oxygen atoms in total. The zero-order valence-electron chi connectivity index (χ0n) is 14.1. The van der Waals surface area contributed by atoms with Gasteiger partial charge in [0.25, 0.3) is 0 Å². The zero-order valence-corrected chi connectivity index (χ0v) is 14.1. The van der Waals surface area contributed by atoms with Crippen molar-refractivity contribution in [2.24, 2.45) is 0 Å². The molecule has 8 heteroatoms. The summed E-state index contributed by atoms with van der Waals surface area (Å²) >= 11 is 0. The van der Waals surface area contributed by atoms with Crippen molar-refractivity contribution >= 4 is 34.4 Å². The summed E-state index contributed by atoms with van der Waals surface area (Å²) in [6.45, 7) is 0. The Balaban J connectivity index is 1.49. The minimum absolute atomic E-state index is 0.217. The van der Waals surface area contributed by atoms with E-state index in [9.17, 15) is 4.79 Å². The molecule has 26 heavy (non-hydrogen) atoms. The molecule has 0 saturated heterocycles. The highest BCUT2D eigenvalue weighted by atomic mass is 16.2. The summed E-state index contributed by atoms with van der Waals surface area (Å²) in [7, 11) is 0. The number of rotatable bonds is 4. The summed E-state index contributed by atoms with van der Waals surface area (Å²) in [6, 6.07) is 5.49. The van der Waals surface area contributed by atoms with E-state index in [4.69, 9.17) is 0 Å². The third-order valence-electron chi connectivity index (χ3n) is 4.30. The fraction of sp³-hybridized carbons (Fsp3) is 0.278. The van der Waals surface area contributed by atoms with Gasteiger partial charge in [0, 0.05) is 18.4 Å². The molecular formula is C18H19N7O. The zero-order chi connectivity index (χ0) is 17.8. The van der Waals surface area contributed by atoms with E-state index in [0.29, 0.717) is 17.2 Å². The van der Waals surface area contributed by atoms with Gasteiger partial charge in [-0.3, -0.25) is 15.3 Å². The first-order valence-electron chi connectivity index (χ1n) is 8.64. The lowest BCUT2D eigenvalue weighted by atomic mass is 10.2. The fourth-order valence-corrected chi connectivity index (χ4v) is 3.06. The van der Waals surface area contributed by atoms with Gasteiger partial charge in [-0.15, -0.1) is 0 Å². The first kappa shape index (κ1) is 16.2. The molecule has 2 amide bonds. The maximum atomic E-state index is 12.1. The van der Waals surface area contributed by atoms with Crippen LogP contribution in [-0.4, -0.2) is 32.0 Å². The molecule has 0 unspecified atom stereocenters. The predicted molar refractivity (Wildman–Crippen MR) is 99.3 cm³/mol. The molecule has 3 aromatic rings. The molecule has 0 bridgehead atoms. The first-order valence-corrected chi connectivity index (χ1v) is 8.64. The highest BCUT2D eigenvalue weighted by molar-refractivity contribution is 5.90. The number of fused-ring (bicyclic) bond motifs is 1. The van der Waals surface area contributed by atoms with Crippen molar-refractivity contribution in [3.63, 3.8) is 0 Å². The number of hydrogen-bond donors (Lipinski definition) is 3. The molecule has 1 aliphatic carbocycles. The van der Waals surface area contributed by atoms with Crippen LogP contribution in [0.2, 0.25) is 0 Å². The summed E-state index contributed by atoms with van der Waals surface area (Å²) in [5.41, 5.74) is 2.17. The molecule has 1 fully saturated rings. The van der Waals surface area contributed by atoms with Gasteiger partial charge in [-0.25, -0.2) is 14.8 Å². The highest BCUT2D eigenvalue weighted by Crippen LogP contribution is 2.20. The van der Waals surface area contributed by atoms with E-state index in [-0.39, 0.29) is 12.1 Å². The van der Waals surface area contributed by atoms with Crippen molar-refractivity contribution in [2.45, 2.75) is 31.7 Å². The minimum Gasteiger partial charge on any atom is -0.338 e. The molecule has 1 saturated carbocycles. The maximum Gasteiger partial charge on any atom is 0.320 e. The van der Waals surface area contributed by atoms with Crippen LogP contribution >= 0.6 is 0 Å². The molecule has 1 aliphatic rings. The van der Waals surface area contributed by atoms with Crippen LogP contribution in [0.15, 0.2) is 43.0 Å². The second-order valence-corrected chi connectivity index (χ2v) is 6.25. The van der Waals surface area contributed by atoms with Gasteiger partial charge >= 0.3 is 6.03 Å². The van der Waals surface area contributed by atoms with Crippen LogP contribution in [0.5, 0.6) is 0 Å². The van der Waals surface area contributed by atoms with E-state index in [1.807, 2.05) is 12.1 Å². The van der Waals surface area contributed by atoms with Crippen LogP contribution < -0.4 is 16.0 Å². The van der Waals surface area contributed by atoms with Gasteiger partial charge in [0.05, 0.1) is 29.1 Å². The molecule has 3 aromatic heterocycles. The average molecular weight is 349 g/mol. The SMILES string of the molecule is O=C(Nc1ccc2ncc(Nc3cnccn3)cc2n1)NC1CCCC1. The van der Waals surface area contributed by atoms with Crippen LogP contribution in [0.3, 0.4) is 0 Å². The lowest BCUT2D eigenvalue weighted by Gasteiger charge is -2.13. The molecule has 0 atom stereocenters. The Morgan fingerprint density at radius 1 is 1.00 bits per heavy atom. The number of anilines is 3. The third-order valence-corrected chi connectivity index (χ3v) is 4.30. The van der Waals surface area contributed by atoms with Crippen molar-refractivity contribution < 1.29 is 4.79 Å². The predicted octanol–water partition coefficient (Wildman–Crippen LogP) is 3.23. The summed E-state index contributed by atoms with van der Waals surface area (Å²) in [6.07, 6.45) is 11.0. The Morgan fingerprint density at radius 2 is 1.88 bits per heavy atom. The van der Waals surface area contributed by atoms with E-state index in [2.05, 4.69) is 35.9 Å². The van der Waals surface area contributed by atoms with Crippen molar-refractivity contribution in [1.29, 1.82) is 0 Å². The molecule has 132 valence electrons. The van der Waals surface area contributed by atoms with Crippen LogP contribution in [0.4, 0.5) is 22.1 Å². The Morgan fingerprint density at radius 3 is 2.69 bits per heavy atom. The number of carbonyl (C=O) groups excluding carboxylic acids is 1. The fourth-order valence-electron chi connectivity index (χ4n) is 3.06. The van der Waals surface area contributed by atoms with E-state index >= 15 is 0 Å². The molecular weight excluding hydrogens is 330 g/mol. The number of nitrogens with zero attached hydrogens (tertiary/aromatic N) is 4. The number of carbonyl (C=O) groups is 1. The summed E-state index contributed by atoms with van der Waals surface area (Å²) in [5, 5.41) is 8.91. The molecule has 0 spiro atoms. The van der Waals surface area contributed by atoms with E-state index in [1.54, 1.807) is 30.9 Å². The number of aromatic nitrogens is 4. The van der Waals surface area contributed by atoms with Gasteiger partial charge in [0.2, 0.25) is 0 Å². The first-order chi connectivity index (χ1) is 12.8. The van der Waals surface area contributed by atoms with E-state index < -0.39 is 0 Å². The lowest BCUT2D eigenvalue weighted by molar-refractivity contribution is 0.248.